The molecule has 0 aliphatic rings. The maximum atomic E-state index is 9.88. The van der Waals surface area contributed by atoms with Gasteiger partial charge in [0.25, 0.3) is 0 Å². The molecule has 5 nitrogen and oxygen atoms in total. The molecule has 0 radical (unpaired) electrons. The average Bonchev–Trinajstić information content (AvgIpc) is 3.99. The van der Waals surface area contributed by atoms with E-state index in [1.54, 1.807) is 28.7 Å². The van der Waals surface area contributed by atoms with E-state index in [0.29, 0.717) is 0 Å². The normalized spacial score (nSPS) is 11.3. The van der Waals surface area contributed by atoms with Gasteiger partial charge in [0.2, 0.25) is 0 Å². The highest BCUT2D eigenvalue weighted by Crippen LogP contribution is 2.25. The summed E-state index contributed by atoms with van der Waals surface area (Å²) in [5.74, 6) is 0. The maximum absolute atomic E-state index is 9.88. The van der Waals surface area contributed by atoms with Gasteiger partial charge in [-0.05, 0) is 96.8 Å². The number of thiophene rings is 3. The molecule has 248 valence electrons. The number of rotatable bonds is 5. The number of aromatic nitrogens is 4. The van der Waals surface area contributed by atoms with Gasteiger partial charge in [0, 0.05) is 42.7 Å². The third-order valence-corrected chi connectivity index (χ3v) is 10.4. The summed E-state index contributed by atoms with van der Waals surface area (Å²) in [6, 6.07) is 37.0. The topological polar surface area (TPSA) is 68.6 Å². The Labute approximate surface area is 308 Å². The number of carbonyl (C=O) groups is 1. The molecular weight excluding hydrogens is 685 g/mol. The van der Waals surface area contributed by atoms with Crippen LogP contribution in [0.3, 0.4) is 0 Å². The monoisotopic (exact) mass is 716 g/mol. The van der Waals surface area contributed by atoms with Gasteiger partial charge < -0.3 is 0 Å². The number of benzene rings is 2. The Balaban J connectivity index is 0.000000147. The summed E-state index contributed by atoms with van der Waals surface area (Å²) in [5.41, 5.74) is 7.83. The lowest BCUT2D eigenvalue weighted by molar-refractivity contribution is 0.112. The molecule has 0 saturated carbocycles. The van der Waals surface area contributed by atoms with E-state index in [1.807, 2.05) is 37.4 Å². The molecule has 0 bridgehead atoms. The third-order valence-electron chi connectivity index (χ3n) is 7.94. The van der Waals surface area contributed by atoms with Crippen LogP contribution in [0.5, 0.6) is 0 Å². The van der Waals surface area contributed by atoms with Crippen molar-refractivity contribution in [2.24, 2.45) is 0 Å². The van der Waals surface area contributed by atoms with Crippen LogP contribution in [0.25, 0.3) is 67.9 Å². The highest BCUT2D eigenvalue weighted by atomic mass is 32.1. The molecule has 0 N–H and O–H groups in total. The molecule has 0 unspecified atom stereocenters. The van der Waals surface area contributed by atoms with E-state index < -0.39 is 0 Å². The third kappa shape index (κ3) is 8.38. The number of pyridine rings is 4. The van der Waals surface area contributed by atoms with E-state index in [4.69, 9.17) is 9.97 Å². The second kappa shape index (κ2) is 15.9. The molecular formula is C43H32N4OS3. The number of nitrogens with zero attached hydrogens (tertiary/aromatic N) is 4. The van der Waals surface area contributed by atoms with Crippen molar-refractivity contribution in [1.82, 2.24) is 19.9 Å². The van der Waals surface area contributed by atoms with Gasteiger partial charge >= 0.3 is 0 Å². The van der Waals surface area contributed by atoms with Crippen molar-refractivity contribution < 1.29 is 4.79 Å². The summed E-state index contributed by atoms with van der Waals surface area (Å²) in [6.07, 6.45) is 9.18. The van der Waals surface area contributed by atoms with Gasteiger partial charge in [-0.15, -0.1) is 34.0 Å². The Morgan fingerprint density at radius 2 is 0.765 bits per heavy atom. The summed E-state index contributed by atoms with van der Waals surface area (Å²) in [5, 5.41) is 10.5. The molecule has 7 aromatic heterocycles. The Morgan fingerprint density at radius 3 is 1.12 bits per heavy atom. The van der Waals surface area contributed by atoms with Gasteiger partial charge in [0.05, 0.1) is 38.3 Å². The van der Waals surface area contributed by atoms with Crippen LogP contribution in [0.2, 0.25) is 0 Å². The van der Waals surface area contributed by atoms with E-state index in [-0.39, 0.29) is 0 Å². The van der Waals surface area contributed by atoms with Crippen molar-refractivity contribution in [2.45, 2.75) is 13.8 Å². The standard InChI is InChI=1S/C24H16N2S2.C14H12N2.C5H4OS/c1-3-21(27-15-1)13-11-19-9-7-17-5-6-18-8-10-20(26-24(18)23(17)25-19)12-14-22-4-2-16-28-22;1-9-3-5-11-7-8-12-6-4-10(2)16-14(12)13(11)15-9;6-4-5-2-1-3-7-5/h1-16H;3-8H,1-2H3;1-4H/b13-11+,14-12+;;. The zero-order valence-electron chi connectivity index (χ0n) is 27.9. The van der Waals surface area contributed by atoms with Gasteiger partial charge in [-0.3, -0.25) is 14.8 Å². The first-order valence-corrected chi connectivity index (χ1v) is 18.9. The summed E-state index contributed by atoms with van der Waals surface area (Å²) >= 11 is 4.90. The molecule has 7 heterocycles. The first-order valence-electron chi connectivity index (χ1n) is 16.3. The molecule has 9 aromatic rings. The molecule has 51 heavy (non-hydrogen) atoms. The highest BCUT2D eigenvalue weighted by molar-refractivity contribution is 7.11. The van der Waals surface area contributed by atoms with Crippen molar-refractivity contribution >= 4 is 108 Å². The van der Waals surface area contributed by atoms with E-state index in [0.717, 1.165) is 77.6 Å². The second-order valence-electron chi connectivity index (χ2n) is 11.6. The van der Waals surface area contributed by atoms with Crippen molar-refractivity contribution in [3.63, 3.8) is 0 Å². The van der Waals surface area contributed by atoms with Crippen molar-refractivity contribution in [2.75, 3.05) is 0 Å². The average molecular weight is 717 g/mol. The van der Waals surface area contributed by atoms with Gasteiger partial charge in [-0.25, -0.2) is 9.97 Å². The number of hydrogen-bond donors (Lipinski definition) is 0. The predicted molar refractivity (Wildman–Crippen MR) is 220 cm³/mol. The molecule has 0 amide bonds. The van der Waals surface area contributed by atoms with Crippen LogP contribution in [0.1, 0.15) is 42.2 Å². The number of hydrogen-bond acceptors (Lipinski definition) is 8. The van der Waals surface area contributed by atoms with Crippen LogP contribution in [-0.4, -0.2) is 26.2 Å². The molecule has 0 fully saturated rings. The van der Waals surface area contributed by atoms with Crippen LogP contribution in [-0.2, 0) is 0 Å². The van der Waals surface area contributed by atoms with E-state index in [9.17, 15) is 4.79 Å². The van der Waals surface area contributed by atoms with Crippen LogP contribution in [0, 0.1) is 13.8 Å². The minimum absolute atomic E-state index is 0.792. The van der Waals surface area contributed by atoms with Gasteiger partial charge in [-0.2, -0.15) is 0 Å². The Hall–Kier alpha value is -5.67. The fourth-order valence-electron chi connectivity index (χ4n) is 5.41. The summed E-state index contributed by atoms with van der Waals surface area (Å²) in [7, 11) is 0. The van der Waals surface area contributed by atoms with Crippen LogP contribution in [0.4, 0.5) is 0 Å². The molecule has 0 spiro atoms. The lowest BCUT2D eigenvalue weighted by atomic mass is 10.1. The van der Waals surface area contributed by atoms with E-state index in [1.165, 1.54) is 21.1 Å². The quantitative estimate of drug-likeness (QED) is 0.131. The van der Waals surface area contributed by atoms with E-state index >= 15 is 0 Å². The van der Waals surface area contributed by atoms with Crippen LogP contribution < -0.4 is 0 Å². The predicted octanol–water partition coefficient (Wildman–Crippen LogP) is 12.2. The lowest BCUT2D eigenvalue weighted by Gasteiger charge is -2.05. The molecule has 0 aliphatic heterocycles. The first-order chi connectivity index (χ1) is 25.0. The Bertz CT molecular complexity index is 2460. The van der Waals surface area contributed by atoms with Gasteiger partial charge in [-0.1, -0.05) is 66.7 Å². The number of aryl methyl sites for hydroxylation is 2. The summed E-state index contributed by atoms with van der Waals surface area (Å²) < 4.78 is 0. The zero-order chi connectivity index (χ0) is 35.0. The fraction of sp³-hybridized carbons (Fsp3) is 0.0465. The smallest absolute Gasteiger partial charge is 0.159 e. The van der Waals surface area contributed by atoms with Gasteiger partial charge in [0.1, 0.15) is 0 Å². The molecule has 0 aliphatic carbocycles. The largest absolute Gasteiger partial charge is 0.297 e. The number of aldehydes is 1. The van der Waals surface area contributed by atoms with Crippen LogP contribution in [0.15, 0.2) is 125 Å². The van der Waals surface area contributed by atoms with Gasteiger partial charge in [0.15, 0.2) is 6.29 Å². The molecule has 0 atom stereocenters. The minimum Gasteiger partial charge on any atom is -0.297 e. The number of fused-ring (bicyclic) bond motifs is 6. The zero-order valence-corrected chi connectivity index (χ0v) is 30.4. The van der Waals surface area contributed by atoms with Crippen molar-refractivity contribution in [3.8, 4) is 0 Å². The summed E-state index contributed by atoms with van der Waals surface area (Å²) in [6.45, 7) is 4.02. The van der Waals surface area contributed by atoms with E-state index in [2.05, 4.69) is 130 Å². The molecule has 2 aromatic carbocycles. The molecule has 0 saturated heterocycles. The second-order valence-corrected chi connectivity index (χ2v) is 14.6. The highest BCUT2D eigenvalue weighted by Gasteiger charge is 2.06. The SMILES string of the molecule is C(=C\c1cccs1)/c1ccc2ccc3ccc(/C=C/c4cccs4)nc3c2n1.Cc1ccc2ccc3ccc(C)nc3c2n1.O=Cc1cccs1. The fourth-order valence-corrected chi connectivity index (χ4v) is 7.17. The van der Waals surface area contributed by atoms with Crippen molar-refractivity contribution in [3.05, 3.63) is 163 Å². The maximum Gasteiger partial charge on any atom is 0.159 e. The molecule has 9 rings (SSSR count). The first kappa shape index (κ1) is 33.8. The van der Waals surface area contributed by atoms with Crippen molar-refractivity contribution in [1.29, 1.82) is 0 Å². The molecule has 8 heteroatoms. The summed E-state index contributed by atoms with van der Waals surface area (Å²) in [4.78, 5) is 32.1. The van der Waals surface area contributed by atoms with Crippen LogP contribution >= 0.6 is 34.0 Å². The Kier molecular flexibility index (Phi) is 10.5. The Morgan fingerprint density at radius 1 is 0.412 bits per heavy atom. The number of carbonyl (C=O) groups excluding carboxylic acids is 1. The lowest BCUT2D eigenvalue weighted by Crippen LogP contribution is -1.89. The minimum atomic E-state index is 0.792.